The van der Waals surface area contributed by atoms with Crippen molar-refractivity contribution in [1.29, 1.82) is 0 Å². The van der Waals surface area contributed by atoms with Gasteiger partial charge in [-0.1, -0.05) is 13.3 Å². The van der Waals surface area contributed by atoms with Gasteiger partial charge in [-0.15, -0.1) is 0 Å². The van der Waals surface area contributed by atoms with Crippen molar-refractivity contribution >= 4 is 5.91 Å². The Morgan fingerprint density at radius 1 is 1.63 bits per heavy atom. The van der Waals surface area contributed by atoms with Crippen LogP contribution in [0.4, 0.5) is 0 Å². The highest BCUT2D eigenvalue weighted by molar-refractivity contribution is 5.92. The third kappa shape index (κ3) is 3.80. The molecule has 0 bridgehead atoms. The zero-order valence-corrected chi connectivity index (χ0v) is 11.9. The van der Waals surface area contributed by atoms with Crippen LogP contribution < -0.4 is 5.32 Å². The minimum Gasteiger partial charge on any atom is -0.336 e. The van der Waals surface area contributed by atoms with E-state index in [0.29, 0.717) is 11.7 Å². The molecule has 0 saturated carbocycles. The van der Waals surface area contributed by atoms with Gasteiger partial charge in [-0.3, -0.25) is 9.48 Å². The maximum Gasteiger partial charge on any atom is 0.274 e. The van der Waals surface area contributed by atoms with Crippen LogP contribution in [-0.4, -0.2) is 46.3 Å². The molecule has 5 nitrogen and oxygen atoms in total. The summed E-state index contributed by atoms with van der Waals surface area (Å²) in [6, 6.07) is 2.24. The fourth-order valence-corrected chi connectivity index (χ4v) is 2.49. The number of hydrogen-bond donors (Lipinski definition) is 1. The molecule has 1 amide bonds. The second-order valence-electron chi connectivity index (χ2n) is 5.27. The van der Waals surface area contributed by atoms with E-state index < -0.39 is 0 Å². The zero-order chi connectivity index (χ0) is 13.7. The first-order valence-corrected chi connectivity index (χ1v) is 7.23. The molecule has 0 aliphatic carbocycles. The van der Waals surface area contributed by atoms with Crippen LogP contribution in [0.5, 0.6) is 0 Å². The normalized spacial score (nSPS) is 18.7. The second kappa shape index (κ2) is 6.70. The first kappa shape index (κ1) is 14.1. The zero-order valence-electron chi connectivity index (χ0n) is 11.9. The molecule has 1 saturated heterocycles. The minimum atomic E-state index is 0.0581. The van der Waals surface area contributed by atoms with E-state index in [-0.39, 0.29) is 5.91 Å². The molecule has 2 heterocycles. The molecule has 5 heteroatoms. The molecule has 1 fully saturated rings. The number of amides is 1. The van der Waals surface area contributed by atoms with Gasteiger partial charge in [0.25, 0.3) is 5.91 Å². The summed E-state index contributed by atoms with van der Waals surface area (Å²) in [4.78, 5) is 14.4. The lowest BCUT2D eigenvalue weighted by atomic mass is 10.2. The number of rotatable bonds is 6. The molecule has 1 N–H and O–H groups in total. The molecule has 1 aliphatic heterocycles. The number of hydrogen-bond acceptors (Lipinski definition) is 3. The molecule has 1 atom stereocenters. The highest BCUT2D eigenvalue weighted by Crippen LogP contribution is 2.10. The van der Waals surface area contributed by atoms with E-state index >= 15 is 0 Å². The minimum absolute atomic E-state index is 0.0581. The van der Waals surface area contributed by atoms with Gasteiger partial charge in [0.05, 0.1) is 0 Å². The van der Waals surface area contributed by atoms with Gasteiger partial charge >= 0.3 is 0 Å². The molecule has 0 radical (unpaired) electrons. The van der Waals surface area contributed by atoms with Crippen LogP contribution in [0.3, 0.4) is 0 Å². The third-order valence-electron chi connectivity index (χ3n) is 3.60. The number of nitrogens with one attached hydrogen (secondary N) is 1. The topological polar surface area (TPSA) is 50.2 Å². The Kier molecular flexibility index (Phi) is 4.96. The van der Waals surface area contributed by atoms with Crippen LogP contribution in [0.2, 0.25) is 0 Å². The van der Waals surface area contributed by atoms with Gasteiger partial charge in [0, 0.05) is 32.4 Å². The van der Waals surface area contributed by atoms with Crippen molar-refractivity contribution in [1.82, 2.24) is 20.0 Å². The second-order valence-corrected chi connectivity index (χ2v) is 5.27. The summed E-state index contributed by atoms with van der Waals surface area (Å²) < 4.78 is 1.68. The lowest BCUT2D eigenvalue weighted by Gasteiger charge is -2.25. The summed E-state index contributed by atoms with van der Waals surface area (Å²) in [6.45, 7) is 4.85. The molecule has 1 aromatic rings. The predicted octanol–water partition coefficient (Wildman–Crippen LogP) is 1.41. The van der Waals surface area contributed by atoms with Crippen LogP contribution >= 0.6 is 0 Å². The van der Waals surface area contributed by atoms with Gasteiger partial charge in [0.2, 0.25) is 0 Å². The average Bonchev–Trinajstić information content (AvgIpc) is 3.05. The smallest absolute Gasteiger partial charge is 0.274 e. The molecular weight excluding hydrogens is 240 g/mol. The average molecular weight is 264 g/mol. The van der Waals surface area contributed by atoms with Crippen molar-refractivity contribution in [2.24, 2.45) is 7.05 Å². The Labute approximate surface area is 115 Å². The molecule has 19 heavy (non-hydrogen) atoms. The molecule has 0 aromatic carbocycles. The third-order valence-corrected chi connectivity index (χ3v) is 3.60. The van der Waals surface area contributed by atoms with Crippen LogP contribution in [0.15, 0.2) is 12.3 Å². The number of carbonyl (C=O) groups is 1. The van der Waals surface area contributed by atoms with E-state index in [1.165, 1.54) is 6.42 Å². The van der Waals surface area contributed by atoms with Gasteiger partial charge in [0.15, 0.2) is 0 Å². The number of aryl methyl sites for hydroxylation is 1. The van der Waals surface area contributed by atoms with E-state index in [9.17, 15) is 4.79 Å². The summed E-state index contributed by atoms with van der Waals surface area (Å²) in [6.07, 6.45) is 6.34. The van der Waals surface area contributed by atoms with Crippen molar-refractivity contribution in [3.63, 3.8) is 0 Å². The first-order chi connectivity index (χ1) is 9.20. The van der Waals surface area contributed by atoms with Crippen molar-refractivity contribution in [2.45, 2.75) is 38.6 Å². The Morgan fingerprint density at radius 3 is 3.05 bits per heavy atom. The molecule has 2 rings (SSSR count). The standard InChI is InChI=1S/C14H24N4O/c1-3-4-9-18(11-12-6-5-8-15-12)14(19)13-7-10-17(2)16-13/h7,10,12,15H,3-6,8-9,11H2,1-2H3. The summed E-state index contributed by atoms with van der Waals surface area (Å²) in [5.74, 6) is 0.0581. The monoisotopic (exact) mass is 264 g/mol. The summed E-state index contributed by atoms with van der Waals surface area (Å²) in [5.41, 5.74) is 0.552. The summed E-state index contributed by atoms with van der Waals surface area (Å²) in [5, 5.41) is 7.67. The molecule has 1 aromatic heterocycles. The summed E-state index contributed by atoms with van der Waals surface area (Å²) in [7, 11) is 1.84. The van der Waals surface area contributed by atoms with E-state index in [1.807, 2.05) is 18.1 Å². The lowest BCUT2D eigenvalue weighted by Crippen LogP contribution is -2.41. The SMILES string of the molecule is CCCCN(CC1CCCN1)C(=O)c1ccn(C)n1. The van der Waals surface area contributed by atoms with Crippen molar-refractivity contribution < 1.29 is 4.79 Å². The highest BCUT2D eigenvalue weighted by Gasteiger charge is 2.23. The fraction of sp³-hybridized carbons (Fsp3) is 0.714. The number of aromatic nitrogens is 2. The van der Waals surface area contributed by atoms with E-state index in [4.69, 9.17) is 0 Å². The largest absolute Gasteiger partial charge is 0.336 e. The van der Waals surface area contributed by atoms with Gasteiger partial charge in [-0.05, 0) is 31.9 Å². The van der Waals surface area contributed by atoms with Crippen molar-refractivity contribution in [2.75, 3.05) is 19.6 Å². The number of unbranched alkanes of at least 4 members (excludes halogenated alkanes) is 1. The van der Waals surface area contributed by atoms with E-state index in [2.05, 4.69) is 17.3 Å². The number of nitrogens with zero attached hydrogens (tertiary/aromatic N) is 3. The molecule has 106 valence electrons. The van der Waals surface area contributed by atoms with E-state index in [1.54, 1.807) is 10.7 Å². The van der Waals surface area contributed by atoms with Gasteiger partial charge in [-0.25, -0.2) is 0 Å². The fourth-order valence-electron chi connectivity index (χ4n) is 2.49. The maximum absolute atomic E-state index is 12.5. The van der Waals surface area contributed by atoms with Crippen molar-refractivity contribution in [3.05, 3.63) is 18.0 Å². The quantitative estimate of drug-likeness (QED) is 0.845. The Hall–Kier alpha value is -1.36. The molecule has 1 aliphatic rings. The van der Waals surface area contributed by atoms with Crippen LogP contribution in [0, 0.1) is 0 Å². The van der Waals surface area contributed by atoms with Crippen LogP contribution in [0.1, 0.15) is 43.1 Å². The molecule has 0 spiro atoms. The van der Waals surface area contributed by atoms with E-state index in [0.717, 1.165) is 38.9 Å². The first-order valence-electron chi connectivity index (χ1n) is 7.23. The Balaban J connectivity index is 2.00. The van der Waals surface area contributed by atoms with Gasteiger partial charge < -0.3 is 10.2 Å². The maximum atomic E-state index is 12.5. The van der Waals surface area contributed by atoms with Gasteiger partial charge in [0.1, 0.15) is 5.69 Å². The Morgan fingerprint density at radius 2 is 2.47 bits per heavy atom. The predicted molar refractivity (Wildman–Crippen MR) is 75.0 cm³/mol. The van der Waals surface area contributed by atoms with Crippen LogP contribution in [0.25, 0.3) is 0 Å². The summed E-state index contributed by atoms with van der Waals surface area (Å²) >= 11 is 0. The van der Waals surface area contributed by atoms with Crippen LogP contribution in [-0.2, 0) is 7.05 Å². The molecular formula is C14H24N4O. The highest BCUT2D eigenvalue weighted by atomic mass is 16.2. The Bertz CT molecular complexity index is 409. The molecule has 1 unspecified atom stereocenters. The lowest BCUT2D eigenvalue weighted by molar-refractivity contribution is 0.0732. The van der Waals surface area contributed by atoms with Gasteiger partial charge in [-0.2, -0.15) is 5.10 Å². The van der Waals surface area contributed by atoms with Crippen molar-refractivity contribution in [3.8, 4) is 0 Å². The number of carbonyl (C=O) groups excluding carboxylic acids is 1.